The molecule has 1 aliphatic rings. The largest absolute Gasteiger partial charge is 0.486 e. The Morgan fingerprint density at radius 3 is 2.43 bits per heavy atom. The molecule has 0 unspecified atom stereocenters. The molecule has 2 rings (SSSR count). The summed E-state index contributed by atoms with van der Waals surface area (Å²) in [6.07, 6.45) is 9.05. The van der Waals surface area contributed by atoms with Crippen LogP contribution in [-0.2, 0) is 14.2 Å². The molecule has 6 nitrogen and oxygen atoms in total. The van der Waals surface area contributed by atoms with E-state index in [9.17, 15) is 10.1 Å². The molecule has 1 fully saturated rings. The number of ether oxygens (including phenoxy) is 3. The fourth-order valence-electron chi connectivity index (χ4n) is 3.74. The minimum atomic E-state index is -0.611. The molecule has 1 heterocycles. The second kappa shape index (κ2) is 11.3. The van der Waals surface area contributed by atoms with E-state index in [0.29, 0.717) is 17.7 Å². The number of benzene rings is 1. The van der Waals surface area contributed by atoms with E-state index in [-0.39, 0.29) is 24.0 Å². The molecule has 0 aliphatic carbocycles. The summed E-state index contributed by atoms with van der Waals surface area (Å²) >= 11 is 0. The standard InChI is InChI=1S/C24H35NO5/c1-6-8-9-10-11-12-22-23(30-24(4,5)29-22)17-21(7-2)28-18(3)19-13-15-20(16-14-19)25(26)27/h7,13-16,21-23H,2-3,6,8-12,17H2,1,4-5H3/t21-,22+,23+/m0/s1. The molecule has 0 saturated carbocycles. The van der Waals surface area contributed by atoms with Crippen molar-refractivity contribution in [3.05, 3.63) is 59.2 Å². The van der Waals surface area contributed by atoms with Crippen molar-refractivity contribution in [2.24, 2.45) is 0 Å². The van der Waals surface area contributed by atoms with E-state index in [1.54, 1.807) is 18.2 Å². The summed E-state index contributed by atoms with van der Waals surface area (Å²) in [6.45, 7) is 14.0. The van der Waals surface area contributed by atoms with Crippen LogP contribution >= 0.6 is 0 Å². The number of non-ortho nitro benzene ring substituents is 1. The Bertz CT molecular complexity index is 713. The highest BCUT2D eigenvalue weighted by Crippen LogP contribution is 2.34. The van der Waals surface area contributed by atoms with Crippen LogP contribution < -0.4 is 0 Å². The molecule has 166 valence electrons. The van der Waals surface area contributed by atoms with Crippen LogP contribution in [0, 0.1) is 10.1 Å². The first-order valence-corrected chi connectivity index (χ1v) is 10.8. The Morgan fingerprint density at radius 2 is 1.83 bits per heavy atom. The van der Waals surface area contributed by atoms with Crippen LogP contribution in [0.2, 0.25) is 0 Å². The van der Waals surface area contributed by atoms with Crippen molar-refractivity contribution in [1.82, 2.24) is 0 Å². The van der Waals surface area contributed by atoms with Crippen LogP contribution in [-0.4, -0.2) is 29.0 Å². The molecule has 0 spiro atoms. The normalized spacial score (nSPS) is 21.2. The molecule has 0 radical (unpaired) electrons. The van der Waals surface area contributed by atoms with E-state index in [2.05, 4.69) is 20.1 Å². The van der Waals surface area contributed by atoms with E-state index in [4.69, 9.17) is 14.2 Å². The summed E-state index contributed by atoms with van der Waals surface area (Å²) in [6, 6.07) is 6.16. The van der Waals surface area contributed by atoms with E-state index in [1.807, 2.05) is 13.8 Å². The lowest BCUT2D eigenvalue weighted by atomic mass is 10.0. The van der Waals surface area contributed by atoms with Crippen molar-refractivity contribution in [1.29, 1.82) is 0 Å². The van der Waals surface area contributed by atoms with Gasteiger partial charge in [0.05, 0.1) is 17.1 Å². The van der Waals surface area contributed by atoms with Gasteiger partial charge in [-0.3, -0.25) is 10.1 Å². The fourth-order valence-corrected chi connectivity index (χ4v) is 3.74. The number of hydrogen-bond donors (Lipinski definition) is 0. The van der Waals surface area contributed by atoms with Crippen LogP contribution in [0.5, 0.6) is 0 Å². The summed E-state index contributed by atoms with van der Waals surface area (Å²) in [5.74, 6) is -0.163. The van der Waals surface area contributed by atoms with Gasteiger partial charge < -0.3 is 14.2 Å². The molecule has 3 atom stereocenters. The van der Waals surface area contributed by atoms with Crippen LogP contribution in [0.25, 0.3) is 5.76 Å². The Morgan fingerprint density at radius 1 is 1.20 bits per heavy atom. The number of nitro groups is 1. The predicted molar refractivity (Wildman–Crippen MR) is 119 cm³/mol. The topological polar surface area (TPSA) is 70.8 Å². The van der Waals surface area contributed by atoms with Crippen molar-refractivity contribution in [2.45, 2.75) is 89.8 Å². The zero-order valence-electron chi connectivity index (χ0n) is 18.5. The smallest absolute Gasteiger partial charge is 0.269 e. The third-order valence-electron chi connectivity index (χ3n) is 5.30. The number of nitro benzene ring substituents is 1. The van der Waals surface area contributed by atoms with Gasteiger partial charge in [0.2, 0.25) is 0 Å². The molecule has 0 amide bonds. The van der Waals surface area contributed by atoms with E-state index in [0.717, 1.165) is 12.8 Å². The number of rotatable bonds is 13. The summed E-state index contributed by atoms with van der Waals surface area (Å²) < 4.78 is 18.3. The molecule has 0 bridgehead atoms. The highest BCUT2D eigenvalue weighted by Gasteiger charge is 2.41. The number of nitrogens with zero attached hydrogens (tertiary/aromatic N) is 1. The third kappa shape index (κ3) is 7.26. The fraction of sp³-hybridized carbons (Fsp3) is 0.583. The number of unbranched alkanes of at least 4 members (excludes halogenated alkanes) is 4. The average Bonchev–Trinajstić information content (AvgIpc) is 3.00. The number of hydrogen-bond acceptors (Lipinski definition) is 5. The molecule has 30 heavy (non-hydrogen) atoms. The summed E-state index contributed by atoms with van der Waals surface area (Å²) in [7, 11) is 0. The van der Waals surface area contributed by atoms with Gasteiger partial charge in [-0.1, -0.05) is 58.3 Å². The first-order chi connectivity index (χ1) is 14.3. The third-order valence-corrected chi connectivity index (χ3v) is 5.30. The van der Waals surface area contributed by atoms with Gasteiger partial charge in [-0.05, 0) is 32.4 Å². The minimum Gasteiger partial charge on any atom is -0.486 e. The van der Waals surface area contributed by atoms with Gasteiger partial charge >= 0.3 is 0 Å². The minimum absolute atomic E-state index is 0.0281. The van der Waals surface area contributed by atoms with Crippen molar-refractivity contribution < 1.29 is 19.1 Å². The Labute approximate surface area is 180 Å². The van der Waals surface area contributed by atoms with Gasteiger partial charge in [-0.15, -0.1) is 0 Å². The van der Waals surface area contributed by atoms with Crippen molar-refractivity contribution in [3.63, 3.8) is 0 Å². The Balaban J connectivity index is 1.93. The first kappa shape index (κ1) is 24.1. The molecule has 6 heteroatoms. The average molecular weight is 418 g/mol. The zero-order valence-corrected chi connectivity index (χ0v) is 18.5. The van der Waals surface area contributed by atoms with Crippen molar-refractivity contribution in [2.75, 3.05) is 0 Å². The van der Waals surface area contributed by atoms with Crippen LogP contribution in [0.1, 0.15) is 71.3 Å². The van der Waals surface area contributed by atoms with Gasteiger partial charge in [-0.2, -0.15) is 0 Å². The maximum Gasteiger partial charge on any atom is 0.269 e. The van der Waals surface area contributed by atoms with Gasteiger partial charge in [0, 0.05) is 24.1 Å². The van der Waals surface area contributed by atoms with Gasteiger partial charge in [0.15, 0.2) is 5.79 Å². The van der Waals surface area contributed by atoms with Crippen LogP contribution in [0.4, 0.5) is 5.69 Å². The lowest BCUT2D eigenvalue weighted by Crippen LogP contribution is -2.28. The molecule has 1 aliphatic heterocycles. The Kier molecular flexibility index (Phi) is 9.06. The van der Waals surface area contributed by atoms with Crippen molar-refractivity contribution >= 4 is 11.4 Å². The van der Waals surface area contributed by atoms with Gasteiger partial charge in [0.1, 0.15) is 11.9 Å². The molecular formula is C24H35NO5. The molecule has 0 aromatic heterocycles. The molecule has 1 aromatic rings. The monoisotopic (exact) mass is 417 g/mol. The molecule has 0 N–H and O–H groups in total. The van der Waals surface area contributed by atoms with Gasteiger partial charge in [-0.25, -0.2) is 0 Å². The first-order valence-electron chi connectivity index (χ1n) is 10.8. The lowest BCUT2D eigenvalue weighted by molar-refractivity contribution is -0.384. The van der Waals surface area contributed by atoms with Gasteiger partial charge in [0.25, 0.3) is 5.69 Å². The Hall–Kier alpha value is -2.18. The zero-order chi connectivity index (χ0) is 22.1. The summed E-state index contributed by atoms with van der Waals surface area (Å²) in [5.41, 5.74) is 0.733. The summed E-state index contributed by atoms with van der Waals surface area (Å²) in [5, 5.41) is 10.8. The van der Waals surface area contributed by atoms with E-state index in [1.165, 1.54) is 37.8 Å². The van der Waals surface area contributed by atoms with Crippen molar-refractivity contribution in [3.8, 4) is 0 Å². The highest BCUT2D eigenvalue weighted by molar-refractivity contribution is 5.59. The second-order valence-electron chi connectivity index (χ2n) is 8.27. The van der Waals surface area contributed by atoms with E-state index < -0.39 is 10.7 Å². The van der Waals surface area contributed by atoms with Crippen LogP contribution in [0.3, 0.4) is 0 Å². The van der Waals surface area contributed by atoms with Crippen LogP contribution in [0.15, 0.2) is 43.5 Å². The molecule has 1 aromatic carbocycles. The lowest BCUT2D eigenvalue weighted by Gasteiger charge is -2.23. The maximum absolute atomic E-state index is 10.8. The highest BCUT2D eigenvalue weighted by atomic mass is 16.8. The van der Waals surface area contributed by atoms with E-state index >= 15 is 0 Å². The second-order valence-corrected chi connectivity index (χ2v) is 8.27. The molecule has 1 saturated heterocycles. The maximum atomic E-state index is 10.8. The molecular weight excluding hydrogens is 382 g/mol. The SMILES string of the molecule is C=C[C@@H](C[C@H]1OC(C)(C)O[C@@H]1CCCCCCC)OC(=C)c1ccc([N+](=O)[O-])cc1. The summed E-state index contributed by atoms with van der Waals surface area (Å²) in [4.78, 5) is 10.4. The quantitative estimate of drug-likeness (QED) is 0.122. The predicted octanol–water partition coefficient (Wildman–Crippen LogP) is 6.41.